The minimum atomic E-state index is -1.87. The molecule has 0 unspecified atom stereocenters. The van der Waals surface area contributed by atoms with E-state index in [9.17, 15) is 0 Å². The van der Waals surface area contributed by atoms with Gasteiger partial charge < -0.3 is 0 Å². The summed E-state index contributed by atoms with van der Waals surface area (Å²) in [7, 11) is 0. The number of fused-ring (bicyclic) bond motifs is 1. The first-order chi connectivity index (χ1) is 6.34. The van der Waals surface area contributed by atoms with Crippen molar-refractivity contribution >= 4 is 15.9 Å². The molecular formula is C9H9Br. The lowest BCUT2D eigenvalue weighted by molar-refractivity contribution is 0.911. The van der Waals surface area contributed by atoms with Crippen LogP contribution in [-0.4, -0.2) is 0 Å². The molecule has 1 aromatic rings. The topological polar surface area (TPSA) is 0 Å². The molecule has 0 aliphatic heterocycles. The molecule has 0 aromatic heterocycles. The highest BCUT2D eigenvalue weighted by molar-refractivity contribution is 9.10. The van der Waals surface area contributed by atoms with E-state index < -0.39 is 12.7 Å². The van der Waals surface area contributed by atoms with Crippen molar-refractivity contribution in [2.45, 2.75) is 19.2 Å². The molecule has 0 nitrogen and oxygen atoms in total. The Hall–Kier alpha value is -0.300. The third-order valence-electron chi connectivity index (χ3n) is 1.57. The number of hydrogen-bond donors (Lipinski definition) is 0. The molecule has 0 saturated carbocycles. The number of aryl methyl sites for hydroxylation is 2. The van der Waals surface area contributed by atoms with Gasteiger partial charge in [-0.05, 0) is 42.4 Å². The second kappa shape index (κ2) is 2.39. The maximum absolute atomic E-state index is 7.72. The van der Waals surface area contributed by atoms with Gasteiger partial charge in [0, 0.05) is 9.96 Å². The predicted octanol–water partition coefficient (Wildman–Crippen LogP) is 2.94. The molecule has 0 N–H and O–H groups in total. The van der Waals surface area contributed by atoms with E-state index in [1.165, 1.54) is 0 Å². The van der Waals surface area contributed by atoms with Crippen LogP contribution in [-0.2, 0) is 12.8 Å². The van der Waals surface area contributed by atoms with Crippen molar-refractivity contribution in [2.24, 2.45) is 0 Å². The average Bonchev–Trinajstić information content (AvgIpc) is 2.18. The minimum absolute atomic E-state index is 0.148. The van der Waals surface area contributed by atoms with E-state index in [0.29, 0.717) is 5.56 Å². The summed E-state index contributed by atoms with van der Waals surface area (Å²) in [4.78, 5) is 0. The summed E-state index contributed by atoms with van der Waals surface area (Å²) in [5.74, 6) is 0. The van der Waals surface area contributed by atoms with Gasteiger partial charge in [0.25, 0.3) is 0 Å². The number of rotatable bonds is 0. The molecule has 0 fully saturated rings. The van der Waals surface area contributed by atoms with Crippen molar-refractivity contribution in [2.75, 3.05) is 0 Å². The van der Waals surface area contributed by atoms with Gasteiger partial charge in [0.1, 0.15) is 0 Å². The second-order valence-corrected chi connectivity index (χ2v) is 3.20. The van der Waals surface area contributed by atoms with Crippen LogP contribution in [0.25, 0.3) is 0 Å². The minimum Gasteiger partial charge on any atom is -0.0576 e. The molecule has 0 amide bonds. The number of halogens is 1. The summed E-state index contributed by atoms with van der Waals surface area (Å²) >= 11 is 3.30. The van der Waals surface area contributed by atoms with Gasteiger partial charge in [-0.25, -0.2) is 0 Å². The largest absolute Gasteiger partial charge is 0.0576 e. The molecular weight excluding hydrogens is 188 g/mol. The number of benzene rings is 1. The van der Waals surface area contributed by atoms with Crippen molar-refractivity contribution in [1.82, 2.24) is 0 Å². The lowest BCUT2D eigenvalue weighted by Crippen LogP contribution is -1.79. The van der Waals surface area contributed by atoms with Crippen molar-refractivity contribution in [3.8, 4) is 0 Å². The van der Waals surface area contributed by atoms with E-state index in [0.717, 1.165) is 10.0 Å². The van der Waals surface area contributed by atoms with Crippen LogP contribution in [0.3, 0.4) is 0 Å². The second-order valence-electron chi connectivity index (χ2n) is 2.28. The standard InChI is InChI=1S/C9H9Br/c10-9-5-4-7-2-1-3-8(7)6-9/h4-6H,1-3H2/i1D2,2D2. The fourth-order valence-corrected chi connectivity index (χ4v) is 1.47. The van der Waals surface area contributed by atoms with E-state index in [1.54, 1.807) is 18.2 Å². The molecule has 1 aromatic carbocycles. The van der Waals surface area contributed by atoms with Crippen LogP contribution in [0.1, 0.15) is 23.0 Å². The highest BCUT2D eigenvalue weighted by atomic mass is 79.9. The quantitative estimate of drug-likeness (QED) is 0.605. The molecule has 0 bridgehead atoms. The summed E-state index contributed by atoms with van der Waals surface area (Å²) < 4.78 is 31.5. The Balaban J connectivity index is 2.60. The third-order valence-corrected chi connectivity index (χ3v) is 2.06. The zero-order valence-corrected chi connectivity index (χ0v) is 6.90. The lowest BCUT2D eigenvalue weighted by atomic mass is 10.1. The zero-order valence-electron chi connectivity index (χ0n) is 9.32. The molecule has 0 saturated heterocycles. The van der Waals surface area contributed by atoms with Crippen LogP contribution in [0, 0.1) is 0 Å². The monoisotopic (exact) mass is 200 g/mol. The van der Waals surface area contributed by atoms with Crippen molar-refractivity contribution < 1.29 is 5.48 Å². The highest BCUT2D eigenvalue weighted by Gasteiger charge is 2.09. The van der Waals surface area contributed by atoms with Gasteiger partial charge in [0.2, 0.25) is 0 Å². The molecule has 10 heavy (non-hydrogen) atoms. The summed E-state index contributed by atoms with van der Waals surface area (Å²) in [6, 6.07) is 5.19. The van der Waals surface area contributed by atoms with Gasteiger partial charge in [-0.1, -0.05) is 22.0 Å². The van der Waals surface area contributed by atoms with E-state index in [2.05, 4.69) is 15.9 Å². The summed E-state index contributed by atoms with van der Waals surface area (Å²) in [6.45, 7) is 0. The Morgan fingerprint density at radius 2 is 2.30 bits per heavy atom. The van der Waals surface area contributed by atoms with Crippen LogP contribution in [0.4, 0.5) is 0 Å². The van der Waals surface area contributed by atoms with Crippen LogP contribution in [0.2, 0.25) is 0 Å². The van der Waals surface area contributed by atoms with E-state index in [4.69, 9.17) is 5.48 Å². The lowest BCUT2D eigenvalue weighted by Gasteiger charge is -1.97. The first kappa shape index (κ1) is 3.40. The summed E-state index contributed by atoms with van der Waals surface area (Å²) in [5.41, 5.74) is 1.24. The van der Waals surface area contributed by atoms with Crippen molar-refractivity contribution in [1.29, 1.82) is 0 Å². The van der Waals surface area contributed by atoms with E-state index in [-0.39, 0.29) is 6.42 Å². The molecule has 52 valence electrons. The Bertz CT molecular complexity index is 386. The predicted molar refractivity (Wildman–Crippen MR) is 46.2 cm³/mol. The van der Waals surface area contributed by atoms with Gasteiger partial charge >= 0.3 is 0 Å². The van der Waals surface area contributed by atoms with Crippen LogP contribution in [0.15, 0.2) is 22.7 Å². The highest BCUT2D eigenvalue weighted by Crippen LogP contribution is 2.24. The van der Waals surface area contributed by atoms with Gasteiger partial charge in [-0.2, -0.15) is 0 Å². The smallest absolute Gasteiger partial charge is 0.0316 e. The fourth-order valence-electron chi connectivity index (χ4n) is 1.07. The number of hydrogen-bond acceptors (Lipinski definition) is 0. The Kier molecular flexibility index (Phi) is 0.811. The third kappa shape index (κ3) is 0.988. The molecule has 2 rings (SSSR count). The van der Waals surface area contributed by atoms with Crippen LogP contribution < -0.4 is 0 Å². The first-order valence-corrected chi connectivity index (χ1v) is 3.93. The first-order valence-electron chi connectivity index (χ1n) is 5.13. The molecule has 0 atom stereocenters. The van der Waals surface area contributed by atoms with Crippen LogP contribution in [0.5, 0.6) is 0 Å². The van der Waals surface area contributed by atoms with Gasteiger partial charge in [-0.15, -0.1) is 0 Å². The molecule has 0 spiro atoms. The fraction of sp³-hybridized carbons (Fsp3) is 0.333. The molecule has 1 aliphatic rings. The summed E-state index contributed by atoms with van der Waals surface area (Å²) in [5, 5.41) is 0. The summed E-state index contributed by atoms with van der Waals surface area (Å²) in [6.07, 6.45) is -3.52. The van der Waals surface area contributed by atoms with Crippen molar-refractivity contribution in [3.05, 3.63) is 33.8 Å². The Morgan fingerprint density at radius 3 is 3.20 bits per heavy atom. The Morgan fingerprint density at radius 1 is 1.40 bits per heavy atom. The van der Waals surface area contributed by atoms with Gasteiger partial charge in [0.15, 0.2) is 0 Å². The SMILES string of the molecule is [2H]C1([2H])Cc2cc(Br)ccc2C1([2H])[2H]. The maximum atomic E-state index is 7.72. The Labute approximate surface area is 75.0 Å². The molecule has 1 heteroatoms. The van der Waals surface area contributed by atoms with Crippen LogP contribution >= 0.6 is 15.9 Å². The zero-order chi connectivity index (χ0) is 10.6. The average molecular weight is 201 g/mol. The van der Waals surface area contributed by atoms with Crippen molar-refractivity contribution in [3.63, 3.8) is 0 Å². The van der Waals surface area contributed by atoms with Gasteiger partial charge in [-0.3, -0.25) is 0 Å². The molecule has 0 heterocycles. The van der Waals surface area contributed by atoms with Gasteiger partial charge in [0.05, 0.1) is 0 Å². The maximum Gasteiger partial charge on any atom is 0.0316 e. The van der Waals surface area contributed by atoms with E-state index >= 15 is 0 Å². The van der Waals surface area contributed by atoms with E-state index in [1.807, 2.05) is 0 Å². The molecule has 1 aliphatic carbocycles. The normalized spacial score (nSPS) is 31.3. The molecule has 0 radical (unpaired) electrons.